The number of esters is 1. The topological polar surface area (TPSA) is 67.4 Å². The number of thiocarbonyl (C=S) groups is 1. The summed E-state index contributed by atoms with van der Waals surface area (Å²) in [6, 6.07) is 1.98. The van der Waals surface area contributed by atoms with Crippen molar-refractivity contribution in [1.29, 1.82) is 0 Å². The van der Waals surface area contributed by atoms with E-state index in [-0.39, 0.29) is 28.8 Å². The Morgan fingerprint density at radius 1 is 1.32 bits per heavy atom. The number of ether oxygens (including phenoxy) is 1. The second-order valence-corrected chi connectivity index (χ2v) is 6.14. The molecular formula is C17H18F2N2O3S. The van der Waals surface area contributed by atoms with E-state index in [2.05, 4.69) is 10.6 Å². The van der Waals surface area contributed by atoms with Gasteiger partial charge in [-0.1, -0.05) is 19.9 Å². The summed E-state index contributed by atoms with van der Waals surface area (Å²) in [6.07, 6.45) is 0. The maximum Gasteiger partial charge on any atom is 0.379 e. The van der Waals surface area contributed by atoms with Crippen molar-refractivity contribution >= 4 is 29.1 Å². The summed E-state index contributed by atoms with van der Waals surface area (Å²) >= 11 is 5.12. The predicted octanol–water partition coefficient (Wildman–Crippen LogP) is 2.53. The van der Waals surface area contributed by atoms with Crippen LogP contribution in [0.25, 0.3) is 0 Å². The van der Waals surface area contributed by atoms with Crippen molar-refractivity contribution in [2.45, 2.75) is 26.8 Å². The average Bonchev–Trinajstić information content (AvgIpc) is 2.53. The molecule has 134 valence electrons. The first-order valence-corrected chi connectivity index (χ1v) is 8.15. The summed E-state index contributed by atoms with van der Waals surface area (Å²) in [4.78, 5) is 24.6. The minimum atomic E-state index is -1.04. The zero-order chi connectivity index (χ0) is 18.7. The van der Waals surface area contributed by atoms with Gasteiger partial charge in [0.2, 0.25) is 0 Å². The standard InChI is InChI=1S/C17H18F2N2O3S/c1-4-24-16(23)15(22)12-13(8(2)3)20-17(25)21-14(12)10-6-5-9(18)7-11(10)19/h5-8,14H,4H2,1-3H3,(H2,20,21,25)/t14-/m1/s1. The molecule has 0 saturated carbocycles. The number of allylic oxidation sites excluding steroid dienone is 1. The van der Waals surface area contributed by atoms with Crippen LogP contribution in [-0.4, -0.2) is 23.5 Å². The molecule has 1 aliphatic rings. The van der Waals surface area contributed by atoms with Gasteiger partial charge in [0.05, 0.1) is 18.2 Å². The molecule has 8 heteroatoms. The Morgan fingerprint density at radius 2 is 2.00 bits per heavy atom. The summed E-state index contributed by atoms with van der Waals surface area (Å²) < 4.78 is 32.3. The molecule has 0 spiro atoms. The fourth-order valence-corrected chi connectivity index (χ4v) is 2.80. The minimum Gasteiger partial charge on any atom is -0.460 e. The SMILES string of the molecule is CCOC(=O)C(=O)C1=C(C(C)C)NC(=S)N[C@@H]1c1ccc(F)cc1F. The van der Waals surface area contributed by atoms with Gasteiger partial charge in [0.15, 0.2) is 5.11 Å². The molecule has 1 aromatic rings. The highest BCUT2D eigenvalue weighted by Crippen LogP contribution is 2.32. The van der Waals surface area contributed by atoms with E-state index in [1.54, 1.807) is 20.8 Å². The number of halogens is 2. The lowest BCUT2D eigenvalue weighted by Crippen LogP contribution is -2.48. The van der Waals surface area contributed by atoms with Gasteiger partial charge in [-0.05, 0) is 31.1 Å². The van der Waals surface area contributed by atoms with Crippen LogP contribution in [0.1, 0.15) is 32.4 Å². The van der Waals surface area contributed by atoms with Gasteiger partial charge in [-0.25, -0.2) is 13.6 Å². The Labute approximate surface area is 149 Å². The van der Waals surface area contributed by atoms with E-state index in [1.165, 1.54) is 6.07 Å². The van der Waals surface area contributed by atoms with Crippen molar-refractivity contribution in [1.82, 2.24) is 10.6 Å². The molecule has 0 aliphatic carbocycles. The maximum absolute atomic E-state index is 14.3. The van der Waals surface area contributed by atoms with Crippen molar-refractivity contribution in [2.24, 2.45) is 5.92 Å². The highest BCUT2D eigenvalue weighted by Gasteiger charge is 2.37. The lowest BCUT2D eigenvalue weighted by atomic mass is 9.88. The summed E-state index contributed by atoms with van der Waals surface area (Å²) in [5, 5.41) is 5.80. The van der Waals surface area contributed by atoms with Crippen LogP contribution in [-0.2, 0) is 14.3 Å². The quantitative estimate of drug-likeness (QED) is 0.473. The molecular weight excluding hydrogens is 350 g/mol. The molecule has 0 saturated heterocycles. The first-order chi connectivity index (χ1) is 11.8. The molecule has 2 rings (SSSR count). The first-order valence-electron chi connectivity index (χ1n) is 7.74. The number of carbonyl (C=O) groups is 2. The summed E-state index contributed by atoms with van der Waals surface area (Å²) in [5.74, 6) is -3.73. The molecule has 1 aliphatic heterocycles. The van der Waals surface area contributed by atoms with Gasteiger partial charge in [0.25, 0.3) is 5.78 Å². The Hall–Kier alpha value is -2.35. The van der Waals surface area contributed by atoms with Crippen molar-refractivity contribution in [3.8, 4) is 0 Å². The van der Waals surface area contributed by atoms with E-state index in [4.69, 9.17) is 17.0 Å². The smallest absolute Gasteiger partial charge is 0.379 e. The Kier molecular flexibility index (Phi) is 5.84. The number of nitrogens with one attached hydrogen (secondary N) is 2. The molecule has 1 aromatic carbocycles. The van der Waals surface area contributed by atoms with Crippen molar-refractivity contribution in [3.05, 3.63) is 46.7 Å². The van der Waals surface area contributed by atoms with Crippen LogP contribution in [0.4, 0.5) is 8.78 Å². The van der Waals surface area contributed by atoms with E-state index in [0.29, 0.717) is 11.8 Å². The lowest BCUT2D eigenvalue weighted by molar-refractivity contribution is -0.152. The summed E-state index contributed by atoms with van der Waals surface area (Å²) in [6.45, 7) is 5.20. The highest BCUT2D eigenvalue weighted by molar-refractivity contribution is 7.80. The van der Waals surface area contributed by atoms with E-state index in [1.807, 2.05) is 0 Å². The number of hydrogen-bond acceptors (Lipinski definition) is 4. The molecule has 0 bridgehead atoms. The molecule has 0 unspecified atom stereocenters. The number of benzene rings is 1. The van der Waals surface area contributed by atoms with Crippen molar-refractivity contribution in [3.63, 3.8) is 0 Å². The van der Waals surface area contributed by atoms with Crippen LogP contribution >= 0.6 is 12.2 Å². The van der Waals surface area contributed by atoms with Crippen LogP contribution in [0, 0.1) is 17.6 Å². The number of rotatable bonds is 5. The summed E-state index contributed by atoms with van der Waals surface area (Å²) in [5.41, 5.74) is 0.416. The molecule has 25 heavy (non-hydrogen) atoms. The second kappa shape index (κ2) is 7.69. The van der Waals surface area contributed by atoms with Gasteiger partial charge in [-0.3, -0.25) is 4.79 Å². The third kappa shape index (κ3) is 4.01. The third-order valence-electron chi connectivity index (χ3n) is 3.66. The van der Waals surface area contributed by atoms with E-state index in [0.717, 1.165) is 6.07 Å². The number of ketones is 1. The molecule has 1 atom stereocenters. The van der Waals surface area contributed by atoms with Crippen molar-refractivity contribution < 1.29 is 23.1 Å². The van der Waals surface area contributed by atoms with E-state index >= 15 is 0 Å². The van der Waals surface area contributed by atoms with Crippen LogP contribution < -0.4 is 10.6 Å². The zero-order valence-electron chi connectivity index (χ0n) is 14.0. The van der Waals surface area contributed by atoms with Crippen molar-refractivity contribution in [2.75, 3.05) is 6.61 Å². The second-order valence-electron chi connectivity index (χ2n) is 5.73. The highest BCUT2D eigenvalue weighted by atomic mass is 32.1. The van der Waals surface area contributed by atoms with Gasteiger partial charge in [0, 0.05) is 17.3 Å². The van der Waals surface area contributed by atoms with Gasteiger partial charge in [-0.15, -0.1) is 0 Å². The number of hydrogen-bond donors (Lipinski definition) is 2. The largest absolute Gasteiger partial charge is 0.460 e. The number of Topliss-reactive ketones (excluding diaryl/α,β-unsaturated/α-hetero) is 1. The minimum absolute atomic E-state index is 0.00700. The van der Waals surface area contributed by atoms with Gasteiger partial charge < -0.3 is 15.4 Å². The summed E-state index contributed by atoms with van der Waals surface area (Å²) in [7, 11) is 0. The molecule has 5 nitrogen and oxygen atoms in total. The molecule has 0 aromatic heterocycles. The molecule has 0 fully saturated rings. The molecule has 2 N–H and O–H groups in total. The van der Waals surface area contributed by atoms with Crippen LogP contribution in [0.15, 0.2) is 29.5 Å². The van der Waals surface area contributed by atoms with Gasteiger partial charge >= 0.3 is 5.97 Å². The van der Waals surface area contributed by atoms with Crippen LogP contribution in [0.3, 0.4) is 0 Å². The third-order valence-corrected chi connectivity index (χ3v) is 3.88. The average molecular weight is 368 g/mol. The molecule has 1 heterocycles. The van der Waals surface area contributed by atoms with E-state index in [9.17, 15) is 18.4 Å². The predicted molar refractivity (Wildman–Crippen MR) is 91.5 cm³/mol. The van der Waals surface area contributed by atoms with Gasteiger partial charge in [0.1, 0.15) is 11.6 Å². The van der Waals surface area contributed by atoms with Gasteiger partial charge in [-0.2, -0.15) is 0 Å². The zero-order valence-corrected chi connectivity index (χ0v) is 14.8. The van der Waals surface area contributed by atoms with Crippen LogP contribution in [0.2, 0.25) is 0 Å². The fourth-order valence-electron chi connectivity index (χ4n) is 2.57. The Balaban J connectivity index is 2.61. The Morgan fingerprint density at radius 3 is 2.56 bits per heavy atom. The maximum atomic E-state index is 14.3. The fraction of sp³-hybridized carbons (Fsp3) is 0.353. The normalized spacial score (nSPS) is 17.2. The first kappa shape index (κ1) is 19.0. The number of carbonyl (C=O) groups excluding carboxylic acids is 2. The molecule has 0 radical (unpaired) electrons. The monoisotopic (exact) mass is 368 g/mol. The molecule has 0 amide bonds. The van der Waals surface area contributed by atoms with Crippen LogP contribution in [0.5, 0.6) is 0 Å². The Bertz CT molecular complexity index is 762. The lowest BCUT2D eigenvalue weighted by Gasteiger charge is -2.32. The van der Waals surface area contributed by atoms with E-state index < -0.39 is 29.4 Å².